The first-order valence-corrected chi connectivity index (χ1v) is 15.8. The number of rotatable bonds is 9. The van der Waals surface area contributed by atoms with Crippen LogP contribution in [0.3, 0.4) is 0 Å². The Kier molecular flexibility index (Phi) is 8.42. The predicted octanol–water partition coefficient (Wildman–Crippen LogP) is 4.74. The van der Waals surface area contributed by atoms with Crippen molar-refractivity contribution in [2.45, 2.75) is 25.9 Å². The number of fused-ring (bicyclic) bond motifs is 1. The number of nitrogens with one attached hydrogen (secondary N) is 1. The fourth-order valence-electron chi connectivity index (χ4n) is 6.62. The number of amides is 1. The standard InChI is InChI=1S/C35H39N7O4/c1-23-37-29-11-9-26(44-2)17-31(29)42(23)21-33(43)41-15-14-40(19-24-13-16-46-22-24)20-32(41)34-36-18-30(38-34)27-10-12-28(39-35(27)45-3)25-7-5-4-6-8-25/h4-12,17-18,24,32H,13-16,19-22H2,1-3H3,(H,36,38)/t24-,32?/m0/s1. The van der Waals surface area contributed by atoms with Crippen molar-refractivity contribution in [1.29, 1.82) is 0 Å². The van der Waals surface area contributed by atoms with E-state index in [2.05, 4.69) is 9.88 Å². The van der Waals surface area contributed by atoms with E-state index in [1.165, 1.54) is 0 Å². The van der Waals surface area contributed by atoms with Crippen molar-refractivity contribution in [2.24, 2.45) is 5.92 Å². The van der Waals surface area contributed by atoms with Crippen molar-refractivity contribution in [1.82, 2.24) is 34.3 Å². The minimum atomic E-state index is -0.260. The molecule has 11 heteroatoms. The van der Waals surface area contributed by atoms with E-state index in [9.17, 15) is 4.79 Å². The molecule has 46 heavy (non-hydrogen) atoms. The van der Waals surface area contributed by atoms with E-state index in [0.29, 0.717) is 24.9 Å². The van der Waals surface area contributed by atoms with Gasteiger partial charge in [-0.15, -0.1) is 0 Å². The summed E-state index contributed by atoms with van der Waals surface area (Å²) in [7, 11) is 3.27. The van der Waals surface area contributed by atoms with E-state index in [1.54, 1.807) is 14.2 Å². The Hall–Kier alpha value is -4.74. The summed E-state index contributed by atoms with van der Waals surface area (Å²) in [5.41, 5.74) is 5.15. The number of aryl methyl sites for hydroxylation is 1. The first-order valence-electron chi connectivity index (χ1n) is 15.8. The fraction of sp³-hybridized carbons (Fsp3) is 0.371. The largest absolute Gasteiger partial charge is 0.497 e. The van der Waals surface area contributed by atoms with Crippen LogP contribution in [0, 0.1) is 12.8 Å². The molecule has 0 aliphatic carbocycles. The number of pyridine rings is 1. The molecule has 2 aromatic carbocycles. The molecule has 0 radical (unpaired) electrons. The van der Waals surface area contributed by atoms with E-state index in [1.807, 2.05) is 83.3 Å². The number of nitrogens with zero attached hydrogens (tertiary/aromatic N) is 6. The summed E-state index contributed by atoms with van der Waals surface area (Å²) < 4.78 is 18.8. The molecule has 2 aliphatic rings. The van der Waals surface area contributed by atoms with Crippen LogP contribution < -0.4 is 9.47 Å². The van der Waals surface area contributed by atoms with E-state index in [4.69, 9.17) is 29.2 Å². The number of carbonyl (C=O) groups is 1. The number of benzene rings is 2. The van der Waals surface area contributed by atoms with Crippen LogP contribution in [0.25, 0.3) is 33.5 Å². The van der Waals surface area contributed by atoms with Crippen LogP contribution >= 0.6 is 0 Å². The normalized spacial score (nSPS) is 18.7. The Morgan fingerprint density at radius 3 is 2.70 bits per heavy atom. The second kappa shape index (κ2) is 12.9. The lowest BCUT2D eigenvalue weighted by molar-refractivity contribution is -0.137. The predicted molar refractivity (Wildman–Crippen MR) is 175 cm³/mol. The van der Waals surface area contributed by atoms with E-state index in [0.717, 1.165) is 83.7 Å². The third-order valence-corrected chi connectivity index (χ3v) is 9.09. The number of hydrogen-bond donors (Lipinski definition) is 1. The number of piperazine rings is 1. The van der Waals surface area contributed by atoms with Gasteiger partial charge in [0, 0.05) is 44.4 Å². The average Bonchev–Trinajstić information content (AvgIpc) is 3.86. The summed E-state index contributed by atoms with van der Waals surface area (Å²) in [4.78, 5) is 36.4. The van der Waals surface area contributed by atoms with Gasteiger partial charge in [0.05, 0.1) is 55.0 Å². The second-order valence-electron chi connectivity index (χ2n) is 12.0. The Morgan fingerprint density at radius 1 is 1.04 bits per heavy atom. The molecule has 2 fully saturated rings. The SMILES string of the molecule is COc1ccc2nc(C)n(CC(=O)N3CCN(C[C@@H]4CCOC4)CC3c3ncc(-c4ccc(-c5ccccc5)nc4OC)[nH]3)c2c1. The van der Waals surface area contributed by atoms with Gasteiger partial charge in [-0.25, -0.2) is 15.0 Å². The van der Waals surface area contributed by atoms with Crippen LogP contribution in [-0.2, 0) is 16.1 Å². The molecule has 2 saturated heterocycles. The third kappa shape index (κ3) is 5.95. The molecular weight excluding hydrogens is 582 g/mol. The van der Waals surface area contributed by atoms with Crippen LogP contribution in [0.1, 0.15) is 24.1 Å². The molecule has 0 spiro atoms. The molecule has 0 saturated carbocycles. The van der Waals surface area contributed by atoms with Crippen LogP contribution in [0.4, 0.5) is 0 Å². The Labute approximate surface area is 268 Å². The van der Waals surface area contributed by atoms with Crippen LogP contribution in [0.5, 0.6) is 11.6 Å². The molecule has 5 aromatic rings. The highest BCUT2D eigenvalue weighted by Gasteiger charge is 2.35. The Balaban J connectivity index is 1.18. The maximum atomic E-state index is 14.1. The minimum Gasteiger partial charge on any atom is -0.497 e. The maximum Gasteiger partial charge on any atom is 0.243 e. The monoisotopic (exact) mass is 621 g/mol. The molecule has 3 aromatic heterocycles. The molecule has 2 atom stereocenters. The van der Waals surface area contributed by atoms with E-state index >= 15 is 0 Å². The van der Waals surface area contributed by atoms with E-state index in [-0.39, 0.29) is 18.5 Å². The molecule has 7 rings (SSSR count). The summed E-state index contributed by atoms with van der Waals surface area (Å²) in [6, 6.07) is 19.5. The lowest BCUT2D eigenvalue weighted by Crippen LogP contribution is -2.52. The first kappa shape index (κ1) is 29.9. The topological polar surface area (TPSA) is 111 Å². The number of aromatic amines is 1. The van der Waals surface area contributed by atoms with Crippen molar-refractivity contribution in [3.8, 4) is 34.1 Å². The van der Waals surface area contributed by atoms with Gasteiger partial charge in [0.15, 0.2) is 0 Å². The summed E-state index contributed by atoms with van der Waals surface area (Å²) in [5, 5.41) is 0. The smallest absolute Gasteiger partial charge is 0.243 e. The number of methoxy groups -OCH3 is 2. The maximum absolute atomic E-state index is 14.1. The van der Waals surface area contributed by atoms with Gasteiger partial charge >= 0.3 is 0 Å². The molecule has 2 aliphatic heterocycles. The van der Waals surface area contributed by atoms with Gasteiger partial charge < -0.3 is 28.7 Å². The second-order valence-corrected chi connectivity index (χ2v) is 12.0. The van der Waals surface area contributed by atoms with Gasteiger partial charge in [-0.3, -0.25) is 9.69 Å². The van der Waals surface area contributed by atoms with Gasteiger partial charge in [-0.1, -0.05) is 30.3 Å². The number of hydrogen-bond acceptors (Lipinski definition) is 8. The zero-order chi connectivity index (χ0) is 31.6. The zero-order valence-electron chi connectivity index (χ0n) is 26.5. The Bertz CT molecular complexity index is 1830. The third-order valence-electron chi connectivity index (χ3n) is 9.09. The molecular formula is C35H39N7O4. The molecule has 1 amide bonds. The lowest BCUT2D eigenvalue weighted by Gasteiger charge is -2.41. The van der Waals surface area contributed by atoms with Gasteiger partial charge in [-0.05, 0) is 43.5 Å². The molecule has 1 unspecified atom stereocenters. The molecule has 238 valence electrons. The Morgan fingerprint density at radius 2 is 1.91 bits per heavy atom. The lowest BCUT2D eigenvalue weighted by atomic mass is 10.1. The fourth-order valence-corrected chi connectivity index (χ4v) is 6.62. The summed E-state index contributed by atoms with van der Waals surface area (Å²) >= 11 is 0. The number of imidazole rings is 2. The van der Waals surface area contributed by atoms with Crippen molar-refractivity contribution in [2.75, 3.05) is 53.6 Å². The molecule has 11 nitrogen and oxygen atoms in total. The minimum absolute atomic E-state index is 0.0171. The highest BCUT2D eigenvalue weighted by Crippen LogP contribution is 2.33. The number of aromatic nitrogens is 5. The summed E-state index contributed by atoms with van der Waals surface area (Å²) in [6.45, 7) is 6.72. The van der Waals surface area contributed by atoms with Gasteiger partial charge in [0.25, 0.3) is 0 Å². The van der Waals surface area contributed by atoms with Gasteiger partial charge in [0.1, 0.15) is 30.0 Å². The van der Waals surface area contributed by atoms with Crippen molar-refractivity contribution in [3.05, 3.63) is 78.5 Å². The molecule has 1 N–H and O–H groups in total. The molecule has 5 heterocycles. The first-order chi connectivity index (χ1) is 22.5. The highest BCUT2D eigenvalue weighted by atomic mass is 16.5. The van der Waals surface area contributed by atoms with Crippen LogP contribution in [-0.4, -0.2) is 93.8 Å². The number of carbonyl (C=O) groups excluding carboxylic acids is 1. The molecule has 0 bridgehead atoms. The van der Waals surface area contributed by atoms with Gasteiger partial charge in [-0.2, -0.15) is 0 Å². The number of ether oxygens (including phenoxy) is 3. The highest BCUT2D eigenvalue weighted by molar-refractivity contribution is 5.82. The van der Waals surface area contributed by atoms with Crippen molar-refractivity contribution >= 4 is 16.9 Å². The average molecular weight is 622 g/mol. The quantitative estimate of drug-likeness (QED) is 0.252. The van der Waals surface area contributed by atoms with Crippen molar-refractivity contribution in [3.63, 3.8) is 0 Å². The summed E-state index contributed by atoms with van der Waals surface area (Å²) in [5.74, 6) is 3.28. The van der Waals surface area contributed by atoms with E-state index < -0.39 is 0 Å². The number of H-pyrrole nitrogens is 1. The van der Waals surface area contributed by atoms with Gasteiger partial charge in [0.2, 0.25) is 11.8 Å². The zero-order valence-corrected chi connectivity index (χ0v) is 26.5. The van der Waals surface area contributed by atoms with Crippen LogP contribution in [0.15, 0.2) is 66.9 Å². The van der Waals surface area contributed by atoms with Crippen LogP contribution in [0.2, 0.25) is 0 Å². The summed E-state index contributed by atoms with van der Waals surface area (Å²) in [6.07, 6.45) is 2.88. The van der Waals surface area contributed by atoms with Crippen molar-refractivity contribution < 1.29 is 19.0 Å².